The molecule has 2 rings (SSSR count). The molecule has 2 heteroatoms. The van der Waals surface area contributed by atoms with Crippen LogP contribution in [-0.4, -0.2) is 37.1 Å². The van der Waals surface area contributed by atoms with Crippen LogP contribution in [0.1, 0.15) is 52.4 Å². The summed E-state index contributed by atoms with van der Waals surface area (Å²) in [4.78, 5) is 2.62. The number of hydrogen-bond donors (Lipinski definition) is 1. The summed E-state index contributed by atoms with van der Waals surface area (Å²) in [7, 11) is 0. The monoisotopic (exact) mass is 238 g/mol. The molecule has 2 aliphatic rings. The zero-order valence-corrected chi connectivity index (χ0v) is 11.8. The van der Waals surface area contributed by atoms with Crippen LogP contribution in [0.5, 0.6) is 0 Å². The molecule has 0 amide bonds. The van der Waals surface area contributed by atoms with E-state index < -0.39 is 0 Å². The topological polar surface area (TPSA) is 15.3 Å². The second-order valence-corrected chi connectivity index (χ2v) is 6.07. The van der Waals surface area contributed by atoms with Gasteiger partial charge in [0.25, 0.3) is 0 Å². The molecule has 1 heterocycles. The van der Waals surface area contributed by atoms with Crippen molar-refractivity contribution in [3.05, 3.63) is 0 Å². The molecule has 0 radical (unpaired) electrons. The van der Waals surface area contributed by atoms with Gasteiger partial charge >= 0.3 is 0 Å². The van der Waals surface area contributed by atoms with Gasteiger partial charge in [-0.2, -0.15) is 0 Å². The first-order chi connectivity index (χ1) is 8.31. The Hall–Kier alpha value is -0.0800. The molecule has 0 aromatic heterocycles. The van der Waals surface area contributed by atoms with Gasteiger partial charge < -0.3 is 10.2 Å². The maximum absolute atomic E-state index is 3.79. The van der Waals surface area contributed by atoms with Crippen LogP contribution in [0.2, 0.25) is 0 Å². The molecule has 1 aliphatic carbocycles. The lowest BCUT2D eigenvalue weighted by atomic mass is 9.93. The van der Waals surface area contributed by atoms with Crippen LogP contribution in [-0.2, 0) is 0 Å². The molecule has 3 atom stereocenters. The van der Waals surface area contributed by atoms with Crippen LogP contribution in [0.25, 0.3) is 0 Å². The Balaban J connectivity index is 1.56. The van der Waals surface area contributed by atoms with Crippen molar-refractivity contribution in [1.82, 2.24) is 10.2 Å². The first kappa shape index (κ1) is 13.4. The highest BCUT2D eigenvalue weighted by atomic mass is 15.1. The van der Waals surface area contributed by atoms with Crippen molar-refractivity contribution in [3.63, 3.8) is 0 Å². The lowest BCUT2D eigenvalue weighted by Crippen LogP contribution is -2.34. The summed E-state index contributed by atoms with van der Waals surface area (Å²) in [5.41, 5.74) is 0. The van der Waals surface area contributed by atoms with Crippen LogP contribution in [0.3, 0.4) is 0 Å². The molecule has 0 bridgehead atoms. The van der Waals surface area contributed by atoms with Gasteiger partial charge in [-0.05, 0) is 70.1 Å². The molecular formula is C15H30N2. The third-order valence-corrected chi connectivity index (χ3v) is 5.01. The fraction of sp³-hybridized carbons (Fsp3) is 1.00. The standard InChI is InChI=1S/C15H30N2/c1-3-14-7-8-15(13(14)2)16-9-6-12-17-10-4-5-11-17/h13-16H,3-12H2,1-2H3. The summed E-state index contributed by atoms with van der Waals surface area (Å²) < 4.78 is 0. The van der Waals surface area contributed by atoms with E-state index in [1.165, 1.54) is 64.7 Å². The van der Waals surface area contributed by atoms with Gasteiger partial charge in [-0.15, -0.1) is 0 Å². The highest BCUT2D eigenvalue weighted by Crippen LogP contribution is 2.33. The van der Waals surface area contributed by atoms with Crippen LogP contribution < -0.4 is 5.32 Å². The third kappa shape index (κ3) is 3.69. The molecule has 100 valence electrons. The molecule has 0 aromatic rings. The van der Waals surface area contributed by atoms with E-state index in [1.807, 2.05) is 0 Å². The van der Waals surface area contributed by atoms with Gasteiger partial charge in [-0.3, -0.25) is 0 Å². The zero-order valence-electron chi connectivity index (χ0n) is 11.8. The Kier molecular flexibility index (Phi) is 5.30. The van der Waals surface area contributed by atoms with Crippen molar-refractivity contribution in [2.24, 2.45) is 11.8 Å². The van der Waals surface area contributed by atoms with E-state index in [1.54, 1.807) is 0 Å². The number of hydrogen-bond acceptors (Lipinski definition) is 2. The van der Waals surface area contributed by atoms with E-state index in [4.69, 9.17) is 0 Å². The molecule has 17 heavy (non-hydrogen) atoms. The van der Waals surface area contributed by atoms with Crippen LogP contribution >= 0.6 is 0 Å². The molecule has 0 aromatic carbocycles. The maximum Gasteiger partial charge on any atom is 0.00954 e. The van der Waals surface area contributed by atoms with Crippen LogP contribution in [0, 0.1) is 11.8 Å². The summed E-state index contributed by atoms with van der Waals surface area (Å²) >= 11 is 0. The Morgan fingerprint density at radius 2 is 1.94 bits per heavy atom. The summed E-state index contributed by atoms with van der Waals surface area (Å²) in [6, 6.07) is 0.804. The van der Waals surface area contributed by atoms with E-state index in [0.717, 1.165) is 17.9 Å². The van der Waals surface area contributed by atoms with Gasteiger partial charge in [0, 0.05) is 6.04 Å². The highest BCUT2D eigenvalue weighted by Gasteiger charge is 2.30. The van der Waals surface area contributed by atoms with Crippen molar-refractivity contribution in [3.8, 4) is 0 Å². The molecule has 0 spiro atoms. The fourth-order valence-electron chi connectivity index (χ4n) is 3.71. The quantitative estimate of drug-likeness (QED) is 0.716. The largest absolute Gasteiger partial charge is 0.314 e. The first-order valence-electron chi connectivity index (χ1n) is 7.77. The number of nitrogens with zero attached hydrogens (tertiary/aromatic N) is 1. The van der Waals surface area contributed by atoms with Crippen molar-refractivity contribution in [1.29, 1.82) is 0 Å². The van der Waals surface area contributed by atoms with Crippen LogP contribution in [0.15, 0.2) is 0 Å². The SMILES string of the molecule is CCC1CCC(NCCCN2CCCC2)C1C. The summed E-state index contributed by atoms with van der Waals surface area (Å²) in [5.74, 6) is 1.87. The number of likely N-dealkylation sites (tertiary alicyclic amines) is 1. The van der Waals surface area contributed by atoms with Crippen molar-refractivity contribution in [2.45, 2.75) is 58.4 Å². The lowest BCUT2D eigenvalue weighted by Gasteiger charge is -2.22. The molecule has 3 unspecified atom stereocenters. The maximum atomic E-state index is 3.79. The average Bonchev–Trinajstić information content (AvgIpc) is 2.95. The average molecular weight is 238 g/mol. The molecule has 1 aliphatic heterocycles. The van der Waals surface area contributed by atoms with E-state index >= 15 is 0 Å². The number of rotatable bonds is 6. The summed E-state index contributed by atoms with van der Waals surface area (Å²) in [6.45, 7) is 10.0. The minimum Gasteiger partial charge on any atom is -0.314 e. The van der Waals surface area contributed by atoms with Crippen molar-refractivity contribution in [2.75, 3.05) is 26.2 Å². The predicted octanol–water partition coefficient (Wildman–Crippen LogP) is 2.89. The van der Waals surface area contributed by atoms with Crippen molar-refractivity contribution < 1.29 is 0 Å². The van der Waals surface area contributed by atoms with Gasteiger partial charge in [-0.1, -0.05) is 20.3 Å². The Labute approximate surface area is 107 Å². The minimum atomic E-state index is 0.804. The Morgan fingerprint density at radius 1 is 1.18 bits per heavy atom. The number of nitrogens with one attached hydrogen (secondary N) is 1. The third-order valence-electron chi connectivity index (χ3n) is 5.01. The normalized spacial score (nSPS) is 34.6. The van der Waals surface area contributed by atoms with Crippen LogP contribution in [0.4, 0.5) is 0 Å². The smallest absolute Gasteiger partial charge is 0.00954 e. The second-order valence-electron chi connectivity index (χ2n) is 6.07. The Bertz CT molecular complexity index is 211. The first-order valence-corrected chi connectivity index (χ1v) is 7.77. The van der Waals surface area contributed by atoms with Gasteiger partial charge in [0.05, 0.1) is 0 Å². The Morgan fingerprint density at radius 3 is 2.59 bits per heavy atom. The zero-order chi connectivity index (χ0) is 12.1. The predicted molar refractivity (Wildman–Crippen MR) is 74.3 cm³/mol. The molecule has 1 saturated carbocycles. The van der Waals surface area contributed by atoms with E-state index in [-0.39, 0.29) is 0 Å². The van der Waals surface area contributed by atoms with Gasteiger partial charge in [0.2, 0.25) is 0 Å². The van der Waals surface area contributed by atoms with E-state index in [9.17, 15) is 0 Å². The minimum absolute atomic E-state index is 0.804. The van der Waals surface area contributed by atoms with E-state index in [2.05, 4.69) is 24.1 Å². The second kappa shape index (κ2) is 6.75. The summed E-state index contributed by atoms with van der Waals surface area (Å²) in [5, 5.41) is 3.79. The van der Waals surface area contributed by atoms with Crippen molar-refractivity contribution >= 4 is 0 Å². The summed E-state index contributed by atoms with van der Waals surface area (Å²) in [6.07, 6.45) is 8.40. The highest BCUT2D eigenvalue weighted by molar-refractivity contribution is 4.86. The molecular weight excluding hydrogens is 208 g/mol. The molecule has 2 fully saturated rings. The lowest BCUT2D eigenvalue weighted by molar-refractivity contribution is 0.312. The van der Waals surface area contributed by atoms with Gasteiger partial charge in [0.1, 0.15) is 0 Å². The van der Waals surface area contributed by atoms with Gasteiger partial charge in [0.15, 0.2) is 0 Å². The van der Waals surface area contributed by atoms with Gasteiger partial charge in [-0.25, -0.2) is 0 Å². The molecule has 2 nitrogen and oxygen atoms in total. The fourth-order valence-corrected chi connectivity index (χ4v) is 3.71. The molecule has 1 N–H and O–H groups in total. The molecule has 1 saturated heterocycles. The van der Waals surface area contributed by atoms with E-state index in [0.29, 0.717) is 0 Å².